The summed E-state index contributed by atoms with van der Waals surface area (Å²) < 4.78 is 21.8. The Morgan fingerprint density at radius 1 is 1.07 bits per heavy atom. The van der Waals surface area contributed by atoms with E-state index in [-0.39, 0.29) is 18.2 Å². The Morgan fingerprint density at radius 3 is 2.53 bits per heavy atom. The minimum absolute atomic E-state index is 0.0212. The number of ether oxygens (including phenoxy) is 3. The quantitative estimate of drug-likeness (QED) is 0.487. The van der Waals surface area contributed by atoms with Gasteiger partial charge in [0.05, 0.1) is 19.2 Å². The first-order valence-corrected chi connectivity index (χ1v) is 9.72. The molecule has 0 spiro atoms. The Kier molecular flexibility index (Phi) is 7.28. The van der Waals surface area contributed by atoms with Crippen molar-refractivity contribution in [3.63, 3.8) is 0 Å². The van der Waals surface area contributed by atoms with Crippen molar-refractivity contribution in [2.45, 2.75) is 13.0 Å². The van der Waals surface area contributed by atoms with Gasteiger partial charge >= 0.3 is 0 Å². The van der Waals surface area contributed by atoms with Crippen LogP contribution >= 0.6 is 23.2 Å². The van der Waals surface area contributed by atoms with Crippen LogP contribution in [0.2, 0.25) is 10.0 Å². The zero-order valence-corrected chi connectivity index (χ0v) is 17.9. The number of hydrogen-bond acceptors (Lipinski definition) is 7. The van der Waals surface area contributed by atoms with Gasteiger partial charge in [-0.2, -0.15) is 10.2 Å². The molecule has 3 rings (SSSR count). The van der Waals surface area contributed by atoms with Crippen molar-refractivity contribution < 1.29 is 18.6 Å². The number of nitrogens with zero attached hydrogens (tertiary/aromatic N) is 2. The van der Waals surface area contributed by atoms with Gasteiger partial charge in [0.25, 0.3) is 0 Å². The summed E-state index contributed by atoms with van der Waals surface area (Å²) in [5, 5.41) is 13.3. The van der Waals surface area contributed by atoms with Crippen LogP contribution in [0.25, 0.3) is 0 Å². The second-order valence-electron chi connectivity index (χ2n) is 6.13. The van der Waals surface area contributed by atoms with E-state index in [0.717, 1.165) is 5.56 Å². The number of anilines is 1. The number of oxazole rings is 1. The summed E-state index contributed by atoms with van der Waals surface area (Å²) in [5.74, 6) is 2.32. The fraction of sp³-hybridized carbons (Fsp3) is 0.238. The van der Waals surface area contributed by atoms with Crippen LogP contribution in [0.15, 0.2) is 40.8 Å². The fourth-order valence-electron chi connectivity index (χ4n) is 2.71. The van der Waals surface area contributed by atoms with Crippen molar-refractivity contribution in [3.8, 4) is 23.3 Å². The Labute approximate surface area is 184 Å². The minimum Gasteiger partial charge on any atom is -0.493 e. The van der Waals surface area contributed by atoms with Crippen molar-refractivity contribution in [1.29, 1.82) is 5.26 Å². The van der Waals surface area contributed by atoms with E-state index >= 15 is 0 Å². The van der Waals surface area contributed by atoms with Crippen LogP contribution in [0.1, 0.15) is 17.1 Å². The number of rotatable bonds is 9. The molecular formula is C21H19Cl2N3O4. The van der Waals surface area contributed by atoms with Gasteiger partial charge in [-0.05, 0) is 42.3 Å². The van der Waals surface area contributed by atoms with Crippen molar-refractivity contribution in [1.82, 2.24) is 4.98 Å². The van der Waals surface area contributed by atoms with Gasteiger partial charge in [0, 0.05) is 11.6 Å². The number of halogens is 2. The smallest absolute Gasteiger partial charge is 0.236 e. The molecular weight excluding hydrogens is 429 g/mol. The molecule has 0 saturated heterocycles. The monoisotopic (exact) mass is 447 g/mol. The van der Waals surface area contributed by atoms with E-state index in [9.17, 15) is 5.26 Å². The molecule has 0 bridgehead atoms. The SMILES string of the molecule is COc1ccc(CCNc2oc(COc3ccc(Cl)cc3Cl)nc2C#N)cc1OC. The summed E-state index contributed by atoms with van der Waals surface area (Å²) in [7, 11) is 3.18. The van der Waals surface area contributed by atoms with Crippen molar-refractivity contribution in [2.75, 3.05) is 26.1 Å². The summed E-state index contributed by atoms with van der Waals surface area (Å²) >= 11 is 12.0. The van der Waals surface area contributed by atoms with E-state index < -0.39 is 0 Å². The predicted molar refractivity (Wildman–Crippen MR) is 114 cm³/mol. The van der Waals surface area contributed by atoms with Gasteiger partial charge in [0.2, 0.25) is 17.5 Å². The van der Waals surface area contributed by atoms with Gasteiger partial charge in [-0.1, -0.05) is 29.3 Å². The molecule has 7 nitrogen and oxygen atoms in total. The highest BCUT2D eigenvalue weighted by Gasteiger charge is 2.14. The highest BCUT2D eigenvalue weighted by atomic mass is 35.5. The number of aromatic nitrogens is 1. The van der Waals surface area contributed by atoms with Crippen LogP contribution in [0.3, 0.4) is 0 Å². The summed E-state index contributed by atoms with van der Waals surface area (Å²) in [6.07, 6.45) is 0.679. The number of methoxy groups -OCH3 is 2. The highest BCUT2D eigenvalue weighted by molar-refractivity contribution is 6.35. The number of nitrogens with one attached hydrogen (secondary N) is 1. The predicted octanol–water partition coefficient (Wildman–Crippen LogP) is 5.10. The lowest BCUT2D eigenvalue weighted by Gasteiger charge is -2.09. The first-order valence-electron chi connectivity index (χ1n) is 8.96. The van der Waals surface area contributed by atoms with Gasteiger partial charge in [0.1, 0.15) is 11.8 Å². The van der Waals surface area contributed by atoms with Crippen LogP contribution in [0.4, 0.5) is 5.88 Å². The molecule has 3 aromatic rings. The van der Waals surface area contributed by atoms with Gasteiger partial charge in [-0.15, -0.1) is 0 Å². The largest absolute Gasteiger partial charge is 0.493 e. The molecule has 0 saturated carbocycles. The number of hydrogen-bond donors (Lipinski definition) is 1. The molecule has 30 heavy (non-hydrogen) atoms. The zero-order chi connectivity index (χ0) is 21.5. The maximum Gasteiger partial charge on any atom is 0.236 e. The molecule has 156 valence electrons. The molecule has 0 fully saturated rings. The summed E-state index contributed by atoms with van der Waals surface area (Å²) in [5.41, 5.74) is 1.20. The highest BCUT2D eigenvalue weighted by Crippen LogP contribution is 2.29. The average Bonchev–Trinajstić information content (AvgIpc) is 3.15. The van der Waals surface area contributed by atoms with Crippen LogP contribution < -0.4 is 19.5 Å². The van der Waals surface area contributed by atoms with E-state index in [1.807, 2.05) is 24.3 Å². The van der Waals surface area contributed by atoms with Gasteiger partial charge in [-0.3, -0.25) is 0 Å². The molecule has 9 heteroatoms. The molecule has 0 unspecified atom stereocenters. The summed E-state index contributed by atoms with van der Waals surface area (Å²) in [4.78, 5) is 4.15. The van der Waals surface area contributed by atoms with E-state index in [2.05, 4.69) is 10.3 Å². The summed E-state index contributed by atoms with van der Waals surface area (Å²) in [6.45, 7) is 0.552. The molecule has 0 atom stereocenters. The number of nitriles is 1. The Morgan fingerprint density at radius 2 is 1.83 bits per heavy atom. The zero-order valence-electron chi connectivity index (χ0n) is 16.4. The third-order valence-corrected chi connectivity index (χ3v) is 4.70. The third kappa shape index (κ3) is 5.29. The molecule has 0 amide bonds. The topological polar surface area (TPSA) is 89.5 Å². The normalized spacial score (nSPS) is 10.4. The van der Waals surface area contributed by atoms with Gasteiger partial charge in [0.15, 0.2) is 18.1 Å². The Hall–Kier alpha value is -3.08. The van der Waals surface area contributed by atoms with Gasteiger partial charge < -0.3 is 23.9 Å². The van der Waals surface area contributed by atoms with Crippen LogP contribution in [-0.2, 0) is 13.0 Å². The average molecular weight is 448 g/mol. The molecule has 1 N–H and O–H groups in total. The van der Waals surface area contributed by atoms with E-state index in [0.29, 0.717) is 46.1 Å². The van der Waals surface area contributed by atoms with Crippen LogP contribution in [0, 0.1) is 11.3 Å². The van der Waals surface area contributed by atoms with E-state index in [1.165, 1.54) is 0 Å². The minimum atomic E-state index is 0.0212. The Bertz CT molecular complexity index is 1060. The van der Waals surface area contributed by atoms with Crippen LogP contribution in [-0.4, -0.2) is 25.7 Å². The van der Waals surface area contributed by atoms with E-state index in [1.54, 1.807) is 32.4 Å². The lowest BCUT2D eigenvalue weighted by molar-refractivity contribution is 0.265. The second kappa shape index (κ2) is 10.1. The van der Waals surface area contributed by atoms with Crippen molar-refractivity contribution in [2.24, 2.45) is 0 Å². The van der Waals surface area contributed by atoms with Crippen LogP contribution in [0.5, 0.6) is 17.2 Å². The first-order chi connectivity index (χ1) is 14.5. The van der Waals surface area contributed by atoms with Crippen molar-refractivity contribution in [3.05, 3.63) is 63.6 Å². The molecule has 0 aliphatic carbocycles. The Balaban J connectivity index is 1.60. The van der Waals surface area contributed by atoms with Gasteiger partial charge in [-0.25, -0.2) is 0 Å². The molecule has 1 aromatic heterocycles. The maximum atomic E-state index is 9.31. The third-order valence-electron chi connectivity index (χ3n) is 4.17. The lowest BCUT2D eigenvalue weighted by Crippen LogP contribution is -2.05. The molecule has 0 aliphatic rings. The lowest BCUT2D eigenvalue weighted by atomic mass is 10.1. The molecule has 2 aromatic carbocycles. The molecule has 0 radical (unpaired) electrons. The fourth-order valence-corrected chi connectivity index (χ4v) is 3.17. The molecule has 1 heterocycles. The second-order valence-corrected chi connectivity index (χ2v) is 6.97. The summed E-state index contributed by atoms with van der Waals surface area (Å²) in [6, 6.07) is 12.6. The number of benzene rings is 2. The standard InChI is InChI=1S/C21H19Cl2N3O4/c1-27-18-5-3-13(9-19(18)28-2)7-8-25-21-16(11-24)26-20(30-21)12-29-17-6-4-14(22)10-15(17)23/h3-6,9-10,25H,7-8,12H2,1-2H3. The maximum absolute atomic E-state index is 9.31. The molecule has 0 aliphatic heterocycles. The van der Waals surface area contributed by atoms with Crippen molar-refractivity contribution >= 4 is 29.1 Å². The van der Waals surface area contributed by atoms with E-state index in [4.69, 9.17) is 41.8 Å². The first kappa shape index (κ1) is 21.6.